The summed E-state index contributed by atoms with van der Waals surface area (Å²) in [6.45, 7) is 7.40. The molecule has 0 radical (unpaired) electrons. The molecule has 3 rings (SSSR count). The van der Waals surface area contributed by atoms with Gasteiger partial charge in [-0.3, -0.25) is 4.99 Å². The second-order valence-electron chi connectivity index (χ2n) is 7.62. The van der Waals surface area contributed by atoms with Gasteiger partial charge in [-0.2, -0.15) is 0 Å². The summed E-state index contributed by atoms with van der Waals surface area (Å²) in [6, 6.07) is 4.16. The summed E-state index contributed by atoms with van der Waals surface area (Å²) >= 11 is 0. The van der Waals surface area contributed by atoms with Gasteiger partial charge < -0.3 is 24.8 Å². The van der Waals surface area contributed by atoms with E-state index in [-0.39, 0.29) is 0 Å². The van der Waals surface area contributed by atoms with Crippen LogP contribution in [0.15, 0.2) is 23.3 Å². The van der Waals surface area contributed by atoms with Crippen molar-refractivity contribution >= 4 is 11.8 Å². The summed E-state index contributed by atoms with van der Waals surface area (Å²) in [5, 5.41) is 3.48. The van der Waals surface area contributed by atoms with Crippen LogP contribution >= 0.6 is 0 Å². The van der Waals surface area contributed by atoms with E-state index in [9.17, 15) is 0 Å². The molecular formula is C20H34N6O. The van der Waals surface area contributed by atoms with Crippen LogP contribution in [-0.4, -0.2) is 87.8 Å². The van der Waals surface area contributed by atoms with Crippen LogP contribution < -0.4 is 10.2 Å². The van der Waals surface area contributed by atoms with E-state index in [1.165, 1.54) is 18.4 Å². The molecule has 2 fully saturated rings. The van der Waals surface area contributed by atoms with Crippen molar-refractivity contribution in [3.05, 3.63) is 23.9 Å². The fourth-order valence-corrected chi connectivity index (χ4v) is 3.27. The molecule has 2 aliphatic rings. The lowest BCUT2D eigenvalue weighted by molar-refractivity contribution is 0.115. The molecule has 0 unspecified atom stereocenters. The molecule has 1 aliphatic carbocycles. The van der Waals surface area contributed by atoms with Gasteiger partial charge in [0.1, 0.15) is 5.82 Å². The maximum atomic E-state index is 5.75. The quantitative estimate of drug-likeness (QED) is 0.420. The van der Waals surface area contributed by atoms with Crippen molar-refractivity contribution in [2.75, 3.05) is 72.0 Å². The molecule has 2 heterocycles. The maximum Gasteiger partial charge on any atom is 0.193 e. The third-order valence-electron chi connectivity index (χ3n) is 5.30. The molecule has 0 atom stereocenters. The average molecular weight is 375 g/mol. The average Bonchev–Trinajstić information content (AvgIpc) is 3.51. The molecule has 1 aromatic rings. The lowest BCUT2D eigenvalue weighted by atomic mass is 10.2. The van der Waals surface area contributed by atoms with E-state index >= 15 is 0 Å². The zero-order valence-electron chi connectivity index (χ0n) is 17.0. The number of aromatic nitrogens is 1. The first-order valence-electron chi connectivity index (χ1n) is 10.0. The standard InChI is InChI=1S/C20H34N6O/c1-21-20(25(3)13-14-27-16-17-6-7-17)23-15-18-5-4-8-22-19(18)26-11-9-24(2)10-12-26/h4-5,8,17H,6-7,9-16H2,1-3H3,(H,21,23). The summed E-state index contributed by atoms with van der Waals surface area (Å²) < 4.78 is 5.75. The van der Waals surface area contributed by atoms with Gasteiger partial charge in [-0.05, 0) is 31.9 Å². The molecule has 1 aromatic heterocycles. The van der Waals surface area contributed by atoms with Crippen LogP contribution in [0.2, 0.25) is 0 Å². The fraction of sp³-hybridized carbons (Fsp3) is 0.700. The number of rotatable bonds is 8. The number of pyridine rings is 1. The summed E-state index contributed by atoms with van der Waals surface area (Å²) in [7, 11) is 6.06. The van der Waals surface area contributed by atoms with Crippen molar-refractivity contribution in [1.29, 1.82) is 0 Å². The number of hydrogen-bond acceptors (Lipinski definition) is 5. The Morgan fingerprint density at radius 1 is 1.33 bits per heavy atom. The topological polar surface area (TPSA) is 56.2 Å². The van der Waals surface area contributed by atoms with Crippen LogP contribution in [0.3, 0.4) is 0 Å². The molecule has 7 nitrogen and oxygen atoms in total. The van der Waals surface area contributed by atoms with Gasteiger partial charge in [0.05, 0.1) is 6.61 Å². The molecule has 7 heteroatoms. The molecule has 0 aromatic carbocycles. The molecule has 0 spiro atoms. The van der Waals surface area contributed by atoms with Crippen molar-refractivity contribution < 1.29 is 4.74 Å². The van der Waals surface area contributed by atoms with Gasteiger partial charge in [-0.15, -0.1) is 0 Å². The molecular weight excluding hydrogens is 340 g/mol. The molecule has 1 N–H and O–H groups in total. The Bertz CT molecular complexity index is 610. The minimum atomic E-state index is 0.718. The first kappa shape index (κ1) is 19.9. The number of aliphatic imine (C=N–C) groups is 1. The fourth-order valence-electron chi connectivity index (χ4n) is 3.27. The lowest BCUT2D eigenvalue weighted by Crippen LogP contribution is -2.45. The molecule has 0 amide bonds. The highest BCUT2D eigenvalue weighted by atomic mass is 16.5. The second kappa shape index (κ2) is 9.90. The monoisotopic (exact) mass is 374 g/mol. The number of likely N-dealkylation sites (N-methyl/N-ethyl adjacent to an activating group) is 2. The highest BCUT2D eigenvalue weighted by Gasteiger charge is 2.21. The molecule has 1 saturated heterocycles. The first-order chi connectivity index (χ1) is 13.2. The van der Waals surface area contributed by atoms with E-state index in [0.29, 0.717) is 0 Å². The van der Waals surface area contributed by atoms with Crippen LogP contribution in [0.1, 0.15) is 18.4 Å². The number of ether oxygens (including phenoxy) is 1. The van der Waals surface area contributed by atoms with Crippen molar-refractivity contribution in [1.82, 2.24) is 20.1 Å². The number of nitrogens with one attached hydrogen (secondary N) is 1. The summed E-state index contributed by atoms with van der Waals surface area (Å²) in [6.07, 6.45) is 4.55. The largest absolute Gasteiger partial charge is 0.379 e. The summed E-state index contributed by atoms with van der Waals surface area (Å²) in [5.41, 5.74) is 1.21. The summed E-state index contributed by atoms with van der Waals surface area (Å²) in [5.74, 6) is 2.79. The van der Waals surface area contributed by atoms with Gasteiger partial charge >= 0.3 is 0 Å². The second-order valence-corrected chi connectivity index (χ2v) is 7.62. The molecule has 150 valence electrons. The number of piperazine rings is 1. The van der Waals surface area contributed by atoms with E-state index in [1.807, 2.05) is 19.3 Å². The van der Waals surface area contributed by atoms with Crippen molar-refractivity contribution in [2.45, 2.75) is 19.4 Å². The van der Waals surface area contributed by atoms with Crippen LogP contribution in [0.4, 0.5) is 5.82 Å². The van der Waals surface area contributed by atoms with Crippen LogP contribution in [0.25, 0.3) is 0 Å². The van der Waals surface area contributed by atoms with Gasteiger partial charge in [-0.1, -0.05) is 6.07 Å². The minimum Gasteiger partial charge on any atom is -0.379 e. The molecule has 0 bridgehead atoms. The van der Waals surface area contributed by atoms with Crippen LogP contribution in [0.5, 0.6) is 0 Å². The van der Waals surface area contributed by atoms with Gasteiger partial charge in [0.2, 0.25) is 0 Å². The minimum absolute atomic E-state index is 0.718. The molecule has 27 heavy (non-hydrogen) atoms. The SMILES string of the molecule is CN=C(NCc1cccnc1N1CCN(C)CC1)N(C)CCOCC1CC1. The van der Waals surface area contributed by atoms with Crippen LogP contribution in [0, 0.1) is 5.92 Å². The third-order valence-corrected chi connectivity index (χ3v) is 5.30. The summed E-state index contributed by atoms with van der Waals surface area (Å²) in [4.78, 5) is 15.9. The number of guanidine groups is 1. The van der Waals surface area contributed by atoms with Crippen molar-refractivity contribution in [3.8, 4) is 0 Å². The van der Waals surface area contributed by atoms with E-state index in [2.05, 4.69) is 50.2 Å². The first-order valence-corrected chi connectivity index (χ1v) is 10.0. The van der Waals surface area contributed by atoms with Gasteiger partial charge in [-0.25, -0.2) is 4.98 Å². The number of anilines is 1. The predicted molar refractivity (Wildman–Crippen MR) is 110 cm³/mol. The third kappa shape index (κ3) is 6.07. The van der Waals surface area contributed by atoms with E-state index in [4.69, 9.17) is 4.74 Å². The van der Waals surface area contributed by atoms with E-state index < -0.39 is 0 Å². The Labute approximate surface area is 163 Å². The van der Waals surface area contributed by atoms with Gasteiger partial charge in [0.15, 0.2) is 5.96 Å². The lowest BCUT2D eigenvalue weighted by Gasteiger charge is -2.34. The Morgan fingerprint density at radius 2 is 2.11 bits per heavy atom. The van der Waals surface area contributed by atoms with Gasteiger partial charge in [0.25, 0.3) is 0 Å². The van der Waals surface area contributed by atoms with Gasteiger partial charge in [0, 0.05) is 71.7 Å². The van der Waals surface area contributed by atoms with Crippen molar-refractivity contribution in [2.24, 2.45) is 10.9 Å². The van der Waals surface area contributed by atoms with E-state index in [1.54, 1.807) is 0 Å². The smallest absolute Gasteiger partial charge is 0.193 e. The Kier molecular flexibility index (Phi) is 7.29. The molecule has 1 saturated carbocycles. The highest BCUT2D eigenvalue weighted by Crippen LogP contribution is 2.28. The molecule has 1 aliphatic heterocycles. The normalized spacial score (nSPS) is 18.6. The zero-order chi connectivity index (χ0) is 19.1. The maximum absolute atomic E-state index is 5.75. The highest BCUT2D eigenvalue weighted by molar-refractivity contribution is 5.79. The Hall–Kier alpha value is -1.86. The van der Waals surface area contributed by atoms with E-state index in [0.717, 1.165) is 70.2 Å². The number of nitrogens with zero attached hydrogens (tertiary/aromatic N) is 5. The zero-order valence-corrected chi connectivity index (χ0v) is 17.0. The van der Waals surface area contributed by atoms with Crippen molar-refractivity contribution in [3.63, 3.8) is 0 Å². The Balaban J connectivity index is 1.50. The number of hydrogen-bond donors (Lipinski definition) is 1. The predicted octanol–water partition coefficient (Wildman–Crippen LogP) is 1.27. The Morgan fingerprint density at radius 3 is 2.81 bits per heavy atom. The van der Waals surface area contributed by atoms with Crippen LogP contribution in [-0.2, 0) is 11.3 Å².